The molecule has 0 aliphatic carbocycles. The highest BCUT2D eigenvalue weighted by Crippen LogP contribution is 2.33. The van der Waals surface area contributed by atoms with Crippen molar-refractivity contribution in [3.05, 3.63) is 111 Å². The Kier molecular flexibility index (Phi) is 7.53. The zero-order valence-electron chi connectivity index (χ0n) is 24.9. The van der Waals surface area contributed by atoms with E-state index in [4.69, 9.17) is 19.4 Å². The Morgan fingerprint density at radius 1 is 1.07 bits per heavy atom. The van der Waals surface area contributed by atoms with E-state index in [1.54, 1.807) is 30.3 Å². The van der Waals surface area contributed by atoms with Gasteiger partial charge < -0.3 is 24.3 Å². The van der Waals surface area contributed by atoms with Crippen LogP contribution < -0.4 is 4.74 Å². The first-order valence-corrected chi connectivity index (χ1v) is 15.1. The van der Waals surface area contributed by atoms with Gasteiger partial charge in [-0.3, -0.25) is 0 Å². The average molecular weight is 601 g/mol. The van der Waals surface area contributed by atoms with E-state index < -0.39 is 12.1 Å². The molecule has 9 nitrogen and oxygen atoms in total. The molecule has 9 heteroatoms. The second-order valence-corrected chi connectivity index (χ2v) is 11.8. The van der Waals surface area contributed by atoms with E-state index in [1.807, 2.05) is 24.3 Å². The van der Waals surface area contributed by atoms with Gasteiger partial charge in [0.15, 0.2) is 0 Å². The summed E-state index contributed by atoms with van der Waals surface area (Å²) in [6, 6.07) is 22.6. The third-order valence-corrected chi connectivity index (χ3v) is 8.85. The lowest BCUT2D eigenvalue weighted by molar-refractivity contribution is -0.0589. The Labute approximate surface area is 260 Å². The topological polar surface area (TPSA) is 130 Å². The summed E-state index contributed by atoms with van der Waals surface area (Å²) in [5, 5.41) is 30.6. The maximum absolute atomic E-state index is 11.8. The van der Waals surface area contributed by atoms with E-state index in [1.165, 1.54) is 0 Å². The van der Waals surface area contributed by atoms with Gasteiger partial charge in [0.1, 0.15) is 12.4 Å². The summed E-state index contributed by atoms with van der Waals surface area (Å²) in [6.07, 6.45) is 1.73. The number of aromatic carboxylic acids is 1. The number of hydrogen-bond acceptors (Lipinski definition) is 7. The van der Waals surface area contributed by atoms with Crippen molar-refractivity contribution in [2.75, 3.05) is 6.61 Å². The van der Waals surface area contributed by atoms with E-state index in [-0.39, 0.29) is 18.3 Å². The summed E-state index contributed by atoms with van der Waals surface area (Å²) in [4.78, 5) is 21.6. The van der Waals surface area contributed by atoms with Crippen LogP contribution in [0.5, 0.6) is 5.88 Å². The zero-order valence-corrected chi connectivity index (χ0v) is 24.9. The Hall–Kier alpha value is -5.04. The third-order valence-electron chi connectivity index (χ3n) is 8.85. The number of aromatic nitrogens is 3. The monoisotopic (exact) mass is 600 g/mol. The van der Waals surface area contributed by atoms with Crippen molar-refractivity contribution in [1.82, 2.24) is 14.5 Å². The number of aliphatic hydroxyl groups excluding tert-OH is 1. The highest BCUT2D eigenvalue weighted by atomic mass is 16.5. The minimum Gasteiger partial charge on any atom is -0.478 e. The molecule has 226 valence electrons. The number of carboxylic acids is 1. The molecule has 7 rings (SSSR count). The molecular weight excluding hydrogens is 568 g/mol. The Bertz CT molecular complexity index is 1990. The fourth-order valence-corrected chi connectivity index (χ4v) is 6.28. The summed E-state index contributed by atoms with van der Waals surface area (Å²) >= 11 is 0. The highest BCUT2D eigenvalue weighted by Gasteiger charge is 2.24. The number of hydrogen-bond donors (Lipinski definition) is 2. The van der Waals surface area contributed by atoms with Crippen molar-refractivity contribution in [2.24, 2.45) is 0 Å². The van der Waals surface area contributed by atoms with Crippen molar-refractivity contribution in [1.29, 1.82) is 5.26 Å². The van der Waals surface area contributed by atoms with Gasteiger partial charge in [-0.25, -0.2) is 14.8 Å². The summed E-state index contributed by atoms with van der Waals surface area (Å²) < 4.78 is 13.9. The predicted octanol–water partition coefficient (Wildman–Crippen LogP) is 5.91. The number of rotatable bonds is 5. The van der Waals surface area contributed by atoms with E-state index >= 15 is 0 Å². The van der Waals surface area contributed by atoms with Crippen LogP contribution in [0.1, 0.15) is 68.5 Å². The number of fused-ring (bicyclic) bond motifs is 7. The van der Waals surface area contributed by atoms with Crippen molar-refractivity contribution >= 4 is 17.0 Å². The number of nitrogens with zero attached hydrogens (tertiary/aromatic N) is 4. The first kappa shape index (κ1) is 28.7. The number of nitriles is 1. The molecule has 4 heterocycles. The highest BCUT2D eigenvalue weighted by molar-refractivity contribution is 5.92. The molecule has 0 amide bonds. The molecule has 2 atom stereocenters. The molecule has 2 aromatic heterocycles. The predicted molar refractivity (Wildman–Crippen MR) is 167 cm³/mol. The number of pyridine rings is 1. The molecule has 0 spiro atoms. The van der Waals surface area contributed by atoms with Crippen LogP contribution in [0.25, 0.3) is 22.3 Å². The summed E-state index contributed by atoms with van der Waals surface area (Å²) in [5.74, 6) is 0.329. The maximum Gasteiger partial charge on any atom is 0.335 e. The molecular formula is C36H32N4O5. The Balaban J connectivity index is 1.32. The van der Waals surface area contributed by atoms with Gasteiger partial charge >= 0.3 is 5.97 Å². The van der Waals surface area contributed by atoms with Gasteiger partial charge in [-0.1, -0.05) is 18.2 Å². The molecule has 45 heavy (non-hydrogen) atoms. The lowest BCUT2D eigenvalue weighted by Gasteiger charge is -2.27. The van der Waals surface area contributed by atoms with Crippen LogP contribution in [-0.4, -0.2) is 43.4 Å². The van der Waals surface area contributed by atoms with E-state index in [0.717, 1.165) is 63.4 Å². The second-order valence-electron chi connectivity index (χ2n) is 11.8. The summed E-state index contributed by atoms with van der Waals surface area (Å²) in [7, 11) is 0. The number of aliphatic hydroxyl groups is 1. The number of benzene rings is 3. The molecule has 0 radical (unpaired) electrons. The maximum atomic E-state index is 11.8. The fourth-order valence-electron chi connectivity index (χ4n) is 6.28. The molecule has 2 aliphatic heterocycles. The number of imidazole rings is 1. The van der Waals surface area contributed by atoms with Gasteiger partial charge in [0.2, 0.25) is 5.88 Å². The molecule has 2 aliphatic rings. The first-order chi connectivity index (χ1) is 21.9. The van der Waals surface area contributed by atoms with Crippen LogP contribution in [0, 0.1) is 18.3 Å². The van der Waals surface area contributed by atoms with Gasteiger partial charge in [0.05, 0.1) is 52.7 Å². The summed E-state index contributed by atoms with van der Waals surface area (Å²) in [5.41, 5.74) is 8.66. The van der Waals surface area contributed by atoms with Gasteiger partial charge in [-0.05, 0) is 96.5 Å². The van der Waals surface area contributed by atoms with Crippen LogP contribution in [0.2, 0.25) is 0 Å². The van der Waals surface area contributed by atoms with Crippen molar-refractivity contribution in [3.8, 4) is 23.2 Å². The van der Waals surface area contributed by atoms with Crippen LogP contribution in [0.4, 0.5) is 0 Å². The van der Waals surface area contributed by atoms with Crippen molar-refractivity contribution < 1.29 is 24.5 Å². The van der Waals surface area contributed by atoms with Gasteiger partial charge in [-0.15, -0.1) is 0 Å². The van der Waals surface area contributed by atoms with Gasteiger partial charge in [0, 0.05) is 24.7 Å². The van der Waals surface area contributed by atoms with Crippen molar-refractivity contribution in [2.45, 2.75) is 58.0 Å². The average Bonchev–Trinajstić information content (AvgIpc) is 3.36. The SMILES string of the molecule is Cc1cc(Cc2nc3ccc(C(=O)O)cc3n2C[C@@H]2CCO2)c2cc1-c1cccc(n1)OCc1ccc(C#N)cc1C(O)CC2. The van der Waals surface area contributed by atoms with Gasteiger partial charge in [0.25, 0.3) is 0 Å². The van der Waals surface area contributed by atoms with Crippen molar-refractivity contribution in [3.63, 3.8) is 0 Å². The molecule has 3 aromatic carbocycles. The lowest BCUT2D eigenvalue weighted by Crippen LogP contribution is -2.31. The van der Waals surface area contributed by atoms with E-state index in [9.17, 15) is 20.3 Å². The quantitative estimate of drug-likeness (QED) is 0.254. The molecule has 4 bridgehead atoms. The van der Waals surface area contributed by atoms with Crippen LogP contribution in [0.15, 0.2) is 66.7 Å². The van der Waals surface area contributed by atoms with Crippen LogP contribution in [-0.2, 0) is 30.7 Å². The Morgan fingerprint density at radius 2 is 1.93 bits per heavy atom. The molecule has 5 aromatic rings. The number of aryl methyl sites for hydroxylation is 2. The standard InChI is InChI=1S/C36H32N4O5/c1-21-13-26(17-34-38-31-9-7-24(36(42)43)16-32(31)40(34)19-27-11-12-44-27)23-8-10-33(41)29-14-22(18-37)5-6-25(29)20-45-35-4-2-3-30(39-35)28(21)15-23/h2-7,9,13-16,27,33,41H,8,10-12,17,19-20H2,1H3,(H,42,43)/t27-,33?/m0/s1. The van der Waals surface area contributed by atoms with Crippen LogP contribution in [0.3, 0.4) is 0 Å². The largest absolute Gasteiger partial charge is 0.478 e. The minimum atomic E-state index is -0.978. The Morgan fingerprint density at radius 3 is 2.71 bits per heavy atom. The van der Waals surface area contributed by atoms with E-state index in [2.05, 4.69) is 29.7 Å². The first-order valence-electron chi connectivity index (χ1n) is 15.1. The second kappa shape index (κ2) is 11.8. The number of ether oxygens (including phenoxy) is 2. The molecule has 1 unspecified atom stereocenters. The van der Waals surface area contributed by atoms with Gasteiger partial charge in [-0.2, -0.15) is 5.26 Å². The lowest BCUT2D eigenvalue weighted by atomic mass is 9.90. The van der Waals surface area contributed by atoms with Crippen LogP contribution >= 0.6 is 0 Å². The normalized spacial score (nSPS) is 17.5. The number of carboxylic acid groups (broad SMARTS) is 1. The molecule has 0 saturated carbocycles. The minimum absolute atomic E-state index is 0.0572. The smallest absolute Gasteiger partial charge is 0.335 e. The third kappa shape index (κ3) is 5.66. The molecule has 1 saturated heterocycles. The molecule has 2 N–H and O–H groups in total. The zero-order chi connectivity index (χ0) is 31.1. The fraction of sp³-hybridized carbons (Fsp3) is 0.278. The number of carbonyl (C=O) groups is 1. The summed E-state index contributed by atoms with van der Waals surface area (Å²) in [6.45, 7) is 3.60. The van der Waals surface area contributed by atoms with E-state index in [0.29, 0.717) is 42.8 Å². The molecule has 1 fully saturated rings.